The quantitative estimate of drug-likeness (QED) is 0.775. The van der Waals surface area contributed by atoms with Crippen molar-refractivity contribution in [1.82, 2.24) is 24.8 Å². The molecule has 24 heavy (non-hydrogen) atoms. The fraction of sp³-hybridized carbons (Fsp3) is 0.471. The molecular weight excluding hydrogens is 306 g/mol. The molecule has 1 fully saturated rings. The van der Waals surface area contributed by atoms with Crippen LogP contribution in [0.15, 0.2) is 29.0 Å². The standard InChI is InChI=1S/C17H21N5O2/c1-11-3-6-16-19-8-13(22(16)10-11)7-18-9-14-4-5-15(23-14)17-20-12(2)21-24-17/h3,6,8,10,14-15,18H,4-5,7,9H2,1-2H3/t14-,15+/m1/s1. The summed E-state index contributed by atoms with van der Waals surface area (Å²) >= 11 is 0. The lowest BCUT2D eigenvalue weighted by Gasteiger charge is -2.12. The van der Waals surface area contributed by atoms with Crippen molar-refractivity contribution >= 4 is 5.65 Å². The van der Waals surface area contributed by atoms with Crippen molar-refractivity contribution in [2.75, 3.05) is 6.54 Å². The number of hydrogen-bond acceptors (Lipinski definition) is 6. The van der Waals surface area contributed by atoms with E-state index in [0.29, 0.717) is 11.7 Å². The molecule has 3 aromatic rings. The lowest BCUT2D eigenvalue weighted by molar-refractivity contribution is 0.0263. The van der Waals surface area contributed by atoms with Crippen molar-refractivity contribution in [2.24, 2.45) is 0 Å². The number of imidazole rings is 1. The molecule has 7 nitrogen and oxygen atoms in total. The van der Waals surface area contributed by atoms with Crippen LogP contribution in [-0.4, -0.2) is 32.2 Å². The van der Waals surface area contributed by atoms with Gasteiger partial charge in [0.25, 0.3) is 5.89 Å². The van der Waals surface area contributed by atoms with Gasteiger partial charge >= 0.3 is 0 Å². The Labute approximate surface area is 140 Å². The van der Waals surface area contributed by atoms with Gasteiger partial charge in [-0.05, 0) is 38.3 Å². The Balaban J connectivity index is 1.32. The second kappa shape index (κ2) is 6.33. The maximum absolute atomic E-state index is 6.01. The minimum Gasteiger partial charge on any atom is -0.364 e. The van der Waals surface area contributed by atoms with Crippen LogP contribution in [0.3, 0.4) is 0 Å². The van der Waals surface area contributed by atoms with Crippen molar-refractivity contribution in [3.8, 4) is 0 Å². The largest absolute Gasteiger partial charge is 0.364 e. The molecule has 0 amide bonds. The summed E-state index contributed by atoms with van der Waals surface area (Å²) in [5.41, 5.74) is 3.34. The maximum atomic E-state index is 6.01. The Hall–Kier alpha value is -2.25. The predicted octanol–water partition coefficient (Wildman–Crippen LogP) is 2.34. The third-order valence-electron chi connectivity index (χ3n) is 4.33. The molecule has 2 atom stereocenters. The van der Waals surface area contributed by atoms with Gasteiger partial charge in [-0.1, -0.05) is 11.2 Å². The van der Waals surface area contributed by atoms with E-state index in [1.54, 1.807) is 0 Å². The van der Waals surface area contributed by atoms with Gasteiger partial charge in [-0.15, -0.1) is 0 Å². The van der Waals surface area contributed by atoms with Crippen LogP contribution in [0, 0.1) is 13.8 Å². The first-order chi connectivity index (χ1) is 11.7. The fourth-order valence-corrected chi connectivity index (χ4v) is 3.11. The van der Waals surface area contributed by atoms with E-state index in [-0.39, 0.29) is 12.2 Å². The van der Waals surface area contributed by atoms with Gasteiger partial charge in [-0.2, -0.15) is 4.98 Å². The van der Waals surface area contributed by atoms with Gasteiger partial charge in [0, 0.05) is 19.3 Å². The second-order valence-electron chi connectivity index (χ2n) is 6.32. The number of ether oxygens (including phenoxy) is 1. The highest BCUT2D eigenvalue weighted by Crippen LogP contribution is 2.31. The Morgan fingerprint density at radius 2 is 2.21 bits per heavy atom. The molecule has 7 heteroatoms. The molecule has 0 aliphatic carbocycles. The molecule has 4 heterocycles. The first kappa shape index (κ1) is 15.3. The number of aryl methyl sites for hydroxylation is 2. The number of fused-ring (bicyclic) bond motifs is 1. The van der Waals surface area contributed by atoms with E-state index in [9.17, 15) is 0 Å². The molecule has 0 bridgehead atoms. The summed E-state index contributed by atoms with van der Waals surface area (Å²) in [6, 6.07) is 4.11. The van der Waals surface area contributed by atoms with E-state index >= 15 is 0 Å². The van der Waals surface area contributed by atoms with Crippen molar-refractivity contribution in [2.45, 2.75) is 45.4 Å². The Bertz CT molecular complexity index is 840. The summed E-state index contributed by atoms with van der Waals surface area (Å²) in [6.45, 7) is 5.46. The highest BCUT2D eigenvalue weighted by atomic mass is 16.5. The van der Waals surface area contributed by atoms with Gasteiger partial charge < -0.3 is 19.0 Å². The van der Waals surface area contributed by atoms with Crippen LogP contribution >= 0.6 is 0 Å². The number of rotatable bonds is 5. The zero-order chi connectivity index (χ0) is 16.5. The fourth-order valence-electron chi connectivity index (χ4n) is 3.11. The van der Waals surface area contributed by atoms with Crippen LogP contribution in [0.2, 0.25) is 0 Å². The number of nitrogens with zero attached hydrogens (tertiary/aromatic N) is 4. The highest BCUT2D eigenvalue weighted by molar-refractivity contribution is 5.41. The topological polar surface area (TPSA) is 77.5 Å². The van der Waals surface area contributed by atoms with E-state index in [1.165, 1.54) is 5.56 Å². The van der Waals surface area contributed by atoms with E-state index in [4.69, 9.17) is 9.26 Å². The number of pyridine rings is 1. The average Bonchev–Trinajstić information content (AvgIpc) is 3.28. The van der Waals surface area contributed by atoms with Crippen LogP contribution in [0.4, 0.5) is 0 Å². The van der Waals surface area contributed by atoms with Gasteiger partial charge in [-0.25, -0.2) is 4.98 Å². The van der Waals surface area contributed by atoms with Gasteiger partial charge in [0.1, 0.15) is 11.8 Å². The molecular formula is C17H21N5O2. The van der Waals surface area contributed by atoms with Crippen LogP contribution in [0.5, 0.6) is 0 Å². The number of aromatic nitrogens is 4. The molecule has 0 radical (unpaired) electrons. The van der Waals surface area contributed by atoms with Gasteiger partial charge in [0.15, 0.2) is 5.82 Å². The molecule has 1 N–H and O–H groups in total. The second-order valence-corrected chi connectivity index (χ2v) is 6.32. The number of nitrogens with one attached hydrogen (secondary N) is 1. The summed E-state index contributed by atoms with van der Waals surface area (Å²) in [7, 11) is 0. The molecule has 0 unspecified atom stereocenters. The summed E-state index contributed by atoms with van der Waals surface area (Å²) in [6.07, 6.45) is 6.04. The monoisotopic (exact) mass is 327 g/mol. The zero-order valence-electron chi connectivity index (χ0n) is 13.9. The lowest BCUT2D eigenvalue weighted by Crippen LogP contribution is -2.26. The van der Waals surface area contributed by atoms with Crippen LogP contribution in [-0.2, 0) is 11.3 Å². The van der Waals surface area contributed by atoms with Gasteiger partial charge in [0.2, 0.25) is 0 Å². The first-order valence-corrected chi connectivity index (χ1v) is 8.28. The van der Waals surface area contributed by atoms with Crippen LogP contribution in [0.1, 0.15) is 41.9 Å². The van der Waals surface area contributed by atoms with E-state index < -0.39 is 0 Å². The van der Waals surface area contributed by atoms with Gasteiger partial charge in [-0.3, -0.25) is 0 Å². The minimum atomic E-state index is -0.0727. The zero-order valence-corrected chi connectivity index (χ0v) is 13.9. The Kier molecular flexibility index (Phi) is 4.03. The summed E-state index contributed by atoms with van der Waals surface area (Å²) < 4.78 is 13.3. The predicted molar refractivity (Wildman–Crippen MR) is 87.5 cm³/mol. The van der Waals surface area contributed by atoms with E-state index in [1.807, 2.05) is 19.2 Å². The summed E-state index contributed by atoms with van der Waals surface area (Å²) in [4.78, 5) is 8.68. The smallest absolute Gasteiger partial charge is 0.255 e. The third-order valence-corrected chi connectivity index (χ3v) is 4.33. The third kappa shape index (κ3) is 3.05. The van der Waals surface area contributed by atoms with Crippen molar-refractivity contribution in [3.63, 3.8) is 0 Å². The average molecular weight is 327 g/mol. The van der Waals surface area contributed by atoms with Crippen molar-refractivity contribution < 1.29 is 9.26 Å². The molecule has 1 saturated heterocycles. The molecule has 0 saturated carbocycles. The molecule has 0 aromatic carbocycles. The lowest BCUT2D eigenvalue weighted by atomic mass is 10.2. The molecule has 1 aliphatic heterocycles. The summed E-state index contributed by atoms with van der Waals surface area (Å²) in [5.74, 6) is 1.24. The summed E-state index contributed by atoms with van der Waals surface area (Å²) in [5, 5.41) is 7.29. The van der Waals surface area contributed by atoms with Crippen molar-refractivity contribution in [3.05, 3.63) is 47.5 Å². The van der Waals surface area contributed by atoms with E-state index in [0.717, 1.165) is 37.3 Å². The Morgan fingerprint density at radius 1 is 1.29 bits per heavy atom. The maximum Gasteiger partial charge on any atom is 0.255 e. The molecule has 4 rings (SSSR count). The Morgan fingerprint density at radius 3 is 3.04 bits per heavy atom. The van der Waals surface area contributed by atoms with Gasteiger partial charge in [0.05, 0.1) is 18.0 Å². The van der Waals surface area contributed by atoms with Crippen LogP contribution < -0.4 is 5.32 Å². The van der Waals surface area contributed by atoms with E-state index in [2.05, 4.69) is 44.0 Å². The highest BCUT2D eigenvalue weighted by Gasteiger charge is 2.30. The SMILES string of the molecule is Cc1ccc2ncc(CNC[C@H]3CC[C@@H](c4nc(C)no4)O3)n2c1. The molecule has 3 aromatic heterocycles. The normalized spacial score (nSPS) is 20.9. The molecule has 1 aliphatic rings. The first-order valence-electron chi connectivity index (χ1n) is 8.28. The van der Waals surface area contributed by atoms with Crippen LogP contribution in [0.25, 0.3) is 5.65 Å². The number of hydrogen-bond donors (Lipinski definition) is 1. The molecule has 126 valence electrons. The minimum absolute atomic E-state index is 0.0727. The van der Waals surface area contributed by atoms with Crippen molar-refractivity contribution in [1.29, 1.82) is 0 Å². The molecule has 0 spiro atoms.